The number of hydrogen-bond acceptors (Lipinski definition) is 5. The van der Waals surface area contributed by atoms with Crippen LogP contribution < -0.4 is 11.1 Å². The molecule has 0 saturated carbocycles. The van der Waals surface area contributed by atoms with Gasteiger partial charge < -0.3 is 11.1 Å². The minimum atomic E-state index is 0.211. The summed E-state index contributed by atoms with van der Waals surface area (Å²) in [7, 11) is 0. The van der Waals surface area contributed by atoms with Crippen LogP contribution in [0.1, 0.15) is 5.56 Å². The Bertz CT molecular complexity index is 820. The summed E-state index contributed by atoms with van der Waals surface area (Å²) in [5, 5.41) is 13.0. The Kier molecular flexibility index (Phi) is 2.90. The highest BCUT2D eigenvalue weighted by atomic mass is 15.1. The van der Waals surface area contributed by atoms with Crippen molar-refractivity contribution in [1.82, 2.24) is 9.97 Å². The number of nitrogens with two attached hydrogens (primary N) is 1. The number of nitriles is 1. The van der Waals surface area contributed by atoms with Gasteiger partial charge in [-0.25, -0.2) is 4.98 Å². The van der Waals surface area contributed by atoms with Crippen LogP contribution in [0.4, 0.5) is 17.5 Å². The molecule has 0 atom stereocenters. The van der Waals surface area contributed by atoms with Gasteiger partial charge in [-0.2, -0.15) is 10.2 Å². The topological polar surface area (TPSA) is 87.6 Å². The number of nitrogen functional groups attached to an aromatic ring is 1. The van der Waals surface area contributed by atoms with E-state index in [1.807, 2.05) is 36.4 Å². The highest BCUT2D eigenvalue weighted by molar-refractivity contribution is 5.91. The molecule has 0 saturated heterocycles. The van der Waals surface area contributed by atoms with E-state index in [4.69, 9.17) is 11.0 Å². The number of nitrogens with one attached hydrogen (secondary N) is 1. The molecule has 0 amide bonds. The SMILES string of the molecule is N#Cc1cccc(Nc2nc(N)nc3ccccc23)c1. The maximum atomic E-state index is 8.92. The van der Waals surface area contributed by atoms with Crippen LogP contribution in [0.5, 0.6) is 0 Å². The Morgan fingerprint density at radius 3 is 2.75 bits per heavy atom. The molecule has 0 spiro atoms. The van der Waals surface area contributed by atoms with E-state index in [2.05, 4.69) is 21.4 Å². The lowest BCUT2D eigenvalue weighted by Gasteiger charge is -2.09. The first-order valence-corrected chi connectivity index (χ1v) is 6.06. The van der Waals surface area contributed by atoms with Crippen LogP contribution in [0.3, 0.4) is 0 Å². The molecule has 2 aromatic carbocycles. The Morgan fingerprint density at radius 1 is 1.05 bits per heavy atom. The van der Waals surface area contributed by atoms with Crippen LogP contribution in [-0.2, 0) is 0 Å². The molecular weight excluding hydrogens is 250 g/mol. The van der Waals surface area contributed by atoms with Crippen LogP contribution >= 0.6 is 0 Å². The zero-order chi connectivity index (χ0) is 13.9. The number of anilines is 3. The van der Waals surface area contributed by atoms with Crippen LogP contribution in [0.2, 0.25) is 0 Å². The molecule has 96 valence electrons. The summed E-state index contributed by atoms with van der Waals surface area (Å²) in [5.41, 5.74) is 7.87. The summed E-state index contributed by atoms with van der Waals surface area (Å²) in [5.74, 6) is 0.839. The van der Waals surface area contributed by atoms with E-state index in [1.165, 1.54) is 0 Å². The first kappa shape index (κ1) is 11.9. The van der Waals surface area contributed by atoms with Gasteiger partial charge in [0.15, 0.2) is 0 Å². The lowest BCUT2D eigenvalue weighted by atomic mass is 10.2. The Balaban J connectivity index is 2.08. The molecule has 3 N–H and O–H groups in total. The van der Waals surface area contributed by atoms with E-state index >= 15 is 0 Å². The maximum absolute atomic E-state index is 8.92. The quantitative estimate of drug-likeness (QED) is 0.740. The van der Waals surface area contributed by atoms with Gasteiger partial charge in [0, 0.05) is 11.1 Å². The Labute approximate surface area is 115 Å². The van der Waals surface area contributed by atoms with Crippen LogP contribution in [0.25, 0.3) is 10.9 Å². The van der Waals surface area contributed by atoms with Crippen LogP contribution in [0.15, 0.2) is 48.5 Å². The number of rotatable bonds is 2. The summed E-state index contributed by atoms with van der Waals surface area (Å²) in [4.78, 5) is 8.41. The molecule has 3 rings (SSSR count). The molecule has 1 aromatic heterocycles. The molecule has 0 aliphatic carbocycles. The molecule has 0 aliphatic heterocycles. The zero-order valence-corrected chi connectivity index (χ0v) is 10.5. The van der Waals surface area contributed by atoms with Crippen molar-refractivity contribution in [1.29, 1.82) is 5.26 Å². The maximum Gasteiger partial charge on any atom is 0.222 e. The summed E-state index contributed by atoms with van der Waals surface area (Å²) in [6.07, 6.45) is 0. The second kappa shape index (κ2) is 4.86. The van der Waals surface area contributed by atoms with Gasteiger partial charge in [-0.15, -0.1) is 0 Å². The van der Waals surface area contributed by atoms with Crippen LogP contribution in [0, 0.1) is 11.3 Å². The predicted molar refractivity (Wildman–Crippen MR) is 78.4 cm³/mol. The van der Waals surface area contributed by atoms with Crippen molar-refractivity contribution in [3.05, 3.63) is 54.1 Å². The average Bonchev–Trinajstić information content (AvgIpc) is 2.47. The molecule has 0 bridgehead atoms. The molecule has 0 fully saturated rings. The molecule has 1 heterocycles. The van der Waals surface area contributed by atoms with Gasteiger partial charge in [0.1, 0.15) is 5.82 Å². The summed E-state index contributed by atoms with van der Waals surface area (Å²) in [6, 6.07) is 16.9. The predicted octanol–water partition coefficient (Wildman–Crippen LogP) is 2.83. The number of para-hydroxylation sites is 1. The van der Waals surface area contributed by atoms with Gasteiger partial charge >= 0.3 is 0 Å². The van der Waals surface area contributed by atoms with Gasteiger partial charge in [0.05, 0.1) is 17.1 Å². The first-order chi connectivity index (χ1) is 9.76. The second-order valence-electron chi connectivity index (χ2n) is 4.27. The first-order valence-electron chi connectivity index (χ1n) is 6.06. The Hall–Kier alpha value is -3.13. The summed E-state index contributed by atoms with van der Waals surface area (Å²) >= 11 is 0. The summed E-state index contributed by atoms with van der Waals surface area (Å²) < 4.78 is 0. The summed E-state index contributed by atoms with van der Waals surface area (Å²) in [6.45, 7) is 0. The highest BCUT2D eigenvalue weighted by Crippen LogP contribution is 2.24. The average molecular weight is 261 g/mol. The lowest BCUT2D eigenvalue weighted by molar-refractivity contribution is 1.23. The van der Waals surface area contributed by atoms with Gasteiger partial charge in [-0.05, 0) is 30.3 Å². The highest BCUT2D eigenvalue weighted by Gasteiger charge is 2.06. The van der Waals surface area contributed by atoms with Crippen molar-refractivity contribution < 1.29 is 0 Å². The van der Waals surface area contributed by atoms with Crippen molar-refractivity contribution in [2.75, 3.05) is 11.1 Å². The van der Waals surface area contributed by atoms with Gasteiger partial charge in [-0.3, -0.25) is 0 Å². The van der Waals surface area contributed by atoms with Crippen molar-refractivity contribution in [3.8, 4) is 6.07 Å². The third-order valence-corrected chi connectivity index (χ3v) is 2.87. The van der Waals surface area contributed by atoms with Crippen molar-refractivity contribution in [2.24, 2.45) is 0 Å². The van der Waals surface area contributed by atoms with Crippen molar-refractivity contribution in [2.45, 2.75) is 0 Å². The normalized spacial score (nSPS) is 10.2. The fraction of sp³-hybridized carbons (Fsp3) is 0. The van der Waals surface area contributed by atoms with E-state index in [-0.39, 0.29) is 5.95 Å². The van der Waals surface area contributed by atoms with Gasteiger partial charge in [0.2, 0.25) is 5.95 Å². The number of hydrogen-bond donors (Lipinski definition) is 2. The monoisotopic (exact) mass is 261 g/mol. The van der Waals surface area contributed by atoms with Crippen molar-refractivity contribution >= 4 is 28.4 Å². The fourth-order valence-corrected chi connectivity index (χ4v) is 1.99. The molecule has 5 nitrogen and oxygen atoms in total. The minimum Gasteiger partial charge on any atom is -0.368 e. The lowest BCUT2D eigenvalue weighted by Crippen LogP contribution is -2.01. The third-order valence-electron chi connectivity index (χ3n) is 2.87. The van der Waals surface area contributed by atoms with E-state index < -0.39 is 0 Å². The van der Waals surface area contributed by atoms with E-state index in [1.54, 1.807) is 12.1 Å². The number of aromatic nitrogens is 2. The number of benzene rings is 2. The molecule has 3 aromatic rings. The van der Waals surface area contributed by atoms with Crippen LogP contribution in [-0.4, -0.2) is 9.97 Å². The second-order valence-corrected chi connectivity index (χ2v) is 4.27. The number of nitrogens with zero attached hydrogens (tertiary/aromatic N) is 3. The molecular formula is C15H11N5. The van der Waals surface area contributed by atoms with Gasteiger partial charge in [0.25, 0.3) is 0 Å². The van der Waals surface area contributed by atoms with Gasteiger partial charge in [-0.1, -0.05) is 18.2 Å². The molecule has 20 heavy (non-hydrogen) atoms. The standard InChI is InChI=1S/C15H11N5/c16-9-10-4-3-5-11(8-10)18-14-12-6-1-2-7-13(12)19-15(17)20-14/h1-8H,(H3,17,18,19,20). The largest absolute Gasteiger partial charge is 0.368 e. The van der Waals surface area contributed by atoms with E-state index in [0.29, 0.717) is 11.4 Å². The molecule has 0 unspecified atom stereocenters. The Morgan fingerprint density at radius 2 is 1.90 bits per heavy atom. The zero-order valence-electron chi connectivity index (χ0n) is 10.5. The van der Waals surface area contributed by atoms with Crippen molar-refractivity contribution in [3.63, 3.8) is 0 Å². The van der Waals surface area contributed by atoms with E-state index in [0.717, 1.165) is 16.6 Å². The molecule has 0 aliphatic rings. The minimum absolute atomic E-state index is 0.211. The molecule has 5 heteroatoms. The smallest absolute Gasteiger partial charge is 0.222 e. The van der Waals surface area contributed by atoms with E-state index in [9.17, 15) is 0 Å². The number of fused-ring (bicyclic) bond motifs is 1. The molecule has 0 radical (unpaired) electrons. The fourth-order valence-electron chi connectivity index (χ4n) is 1.99. The third kappa shape index (κ3) is 2.22.